The van der Waals surface area contributed by atoms with Gasteiger partial charge in [-0.2, -0.15) is 10.5 Å². The van der Waals surface area contributed by atoms with Crippen LogP contribution in [0, 0.1) is 33.9 Å². The Morgan fingerprint density at radius 3 is 2.45 bits per heavy atom. The van der Waals surface area contributed by atoms with E-state index in [1.165, 1.54) is 18.2 Å². The number of hydrogen-bond donors (Lipinski definition) is 0. The van der Waals surface area contributed by atoms with E-state index in [2.05, 4.69) is 12.1 Å². The first kappa shape index (κ1) is 20.9. The lowest BCUT2D eigenvalue weighted by Gasteiger charge is -2.35. The van der Waals surface area contributed by atoms with E-state index >= 15 is 0 Å². The van der Waals surface area contributed by atoms with Crippen LogP contribution in [0.1, 0.15) is 27.4 Å². The Hall–Kier alpha value is -3.93. The molecule has 0 amide bonds. The largest absolute Gasteiger partial charge is 0.351 e. The molecule has 0 N–H and O–H groups in total. The monoisotopic (exact) mass is 453 g/mol. The minimum absolute atomic E-state index is 0.238. The van der Waals surface area contributed by atoms with E-state index < -0.39 is 29.2 Å². The van der Waals surface area contributed by atoms with E-state index in [9.17, 15) is 19.7 Å². The molecule has 2 aliphatic rings. The number of hydrogen-bond acceptors (Lipinski definition) is 4. The predicted molar refractivity (Wildman–Crippen MR) is 124 cm³/mol. The van der Waals surface area contributed by atoms with Crippen LogP contribution in [0.15, 0.2) is 78.9 Å². The van der Waals surface area contributed by atoms with Crippen LogP contribution >= 0.6 is 11.6 Å². The summed E-state index contributed by atoms with van der Waals surface area (Å²) >= 11 is 6.20. The predicted octanol–water partition coefficient (Wildman–Crippen LogP) is 5.76. The molecule has 3 aromatic carbocycles. The van der Waals surface area contributed by atoms with E-state index in [0.717, 1.165) is 5.56 Å². The van der Waals surface area contributed by atoms with Crippen LogP contribution in [0.2, 0.25) is 5.02 Å². The minimum Gasteiger partial charge on any atom is -0.351 e. The number of nitriles is 2. The third-order valence-corrected chi connectivity index (χ3v) is 6.74. The zero-order valence-electron chi connectivity index (χ0n) is 17.3. The summed E-state index contributed by atoms with van der Waals surface area (Å²) in [5, 5.41) is 21.3. The number of benzene rings is 3. The third-order valence-electron chi connectivity index (χ3n) is 6.50. The van der Waals surface area contributed by atoms with Gasteiger partial charge in [0.15, 0.2) is 11.2 Å². The number of ketones is 1. The van der Waals surface area contributed by atoms with Crippen LogP contribution in [0.5, 0.6) is 0 Å². The first-order chi connectivity index (χ1) is 16.0. The van der Waals surface area contributed by atoms with Gasteiger partial charge in [-0.05, 0) is 41.5 Å². The molecule has 0 saturated carbocycles. The Kier molecular flexibility index (Phi) is 5.01. The second kappa shape index (κ2) is 7.89. The molecule has 2 aliphatic heterocycles. The van der Waals surface area contributed by atoms with E-state index in [1.807, 2.05) is 17.0 Å². The fraction of sp³-hybridized carbons (Fsp3) is 0.148. The van der Waals surface area contributed by atoms with Gasteiger partial charge >= 0.3 is 0 Å². The SMILES string of the molecule is N#CC1(C#N)[C@H](c2cccc(F)c2)[C@@H](C(=O)c2ccccc2)N2c3ccc(Cl)cc3C=C[C@@H]21. The summed E-state index contributed by atoms with van der Waals surface area (Å²) in [4.78, 5) is 15.8. The third kappa shape index (κ3) is 3.13. The highest BCUT2D eigenvalue weighted by Crippen LogP contribution is 2.55. The van der Waals surface area contributed by atoms with Gasteiger partial charge in [-0.3, -0.25) is 4.79 Å². The normalized spacial score (nSPS) is 22.1. The molecule has 6 heteroatoms. The highest BCUT2D eigenvalue weighted by Gasteiger charge is 2.63. The van der Waals surface area contributed by atoms with Gasteiger partial charge in [0, 0.05) is 22.2 Å². The molecule has 0 aromatic heterocycles. The summed E-state index contributed by atoms with van der Waals surface area (Å²) in [6.07, 6.45) is 3.60. The summed E-state index contributed by atoms with van der Waals surface area (Å²) in [6, 6.07) is 22.7. The molecule has 1 saturated heterocycles. The summed E-state index contributed by atoms with van der Waals surface area (Å²) in [5.74, 6) is -1.61. The van der Waals surface area contributed by atoms with E-state index in [4.69, 9.17) is 11.6 Å². The molecule has 2 heterocycles. The zero-order valence-corrected chi connectivity index (χ0v) is 18.1. The van der Waals surface area contributed by atoms with Gasteiger partial charge in [0.2, 0.25) is 0 Å². The molecule has 3 atom stereocenters. The zero-order chi connectivity index (χ0) is 23.2. The van der Waals surface area contributed by atoms with Crippen molar-refractivity contribution in [3.8, 4) is 12.1 Å². The Balaban J connectivity index is 1.80. The fourth-order valence-corrected chi connectivity index (χ4v) is 5.29. The lowest BCUT2D eigenvalue weighted by atomic mass is 9.69. The maximum atomic E-state index is 14.3. The number of carbonyl (C=O) groups excluding carboxylic acids is 1. The summed E-state index contributed by atoms with van der Waals surface area (Å²) < 4.78 is 14.3. The standard InChI is InChI=1S/C27H17ClFN3O/c28-20-10-11-22-18(13-20)9-12-23-27(15-30,16-31)24(19-7-4-8-21(29)14-19)25(32(22)23)26(33)17-5-2-1-3-6-17/h1-14,23-25H/t23-,24-,25+/m1/s1. The van der Waals surface area contributed by atoms with Gasteiger partial charge in [-0.1, -0.05) is 66.2 Å². The van der Waals surface area contributed by atoms with E-state index in [1.54, 1.807) is 54.6 Å². The lowest BCUT2D eigenvalue weighted by Crippen LogP contribution is -2.44. The summed E-state index contributed by atoms with van der Waals surface area (Å²) in [6.45, 7) is 0. The first-order valence-corrected chi connectivity index (χ1v) is 10.8. The Morgan fingerprint density at radius 2 is 1.76 bits per heavy atom. The number of Topliss-reactive ketones (excluding diaryl/α,β-unsaturated/α-hetero) is 1. The number of carbonyl (C=O) groups is 1. The Morgan fingerprint density at radius 1 is 1.00 bits per heavy atom. The quantitative estimate of drug-likeness (QED) is 0.472. The van der Waals surface area contributed by atoms with Crippen molar-refractivity contribution < 1.29 is 9.18 Å². The van der Waals surface area contributed by atoms with Crippen molar-refractivity contribution in [1.29, 1.82) is 10.5 Å². The number of halogens is 2. The topological polar surface area (TPSA) is 67.9 Å². The van der Waals surface area contributed by atoms with Crippen molar-refractivity contribution in [2.24, 2.45) is 5.41 Å². The van der Waals surface area contributed by atoms with E-state index in [-0.39, 0.29) is 5.78 Å². The highest BCUT2D eigenvalue weighted by molar-refractivity contribution is 6.30. The molecule has 1 fully saturated rings. The van der Waals surface area contributed by atoms with Crippen LogP contribution in [0.3, 0.4) is 0 Å². The van der Waals surface area contributed by atoms with Gasteiger partial charge in [0.05, 0.1) is 18.2 Å². The molecule has 0 radical (unpaired) electrons. The van der Waals surface area contributed by atoms with Crippen LogP contribution in [0.25, 0.3) is 6.08 Å². The number of fused-ring (bicyclic) bond motifs is 3. The van der Waals surface area contributed by atoms with Gasteiger partial charge in [-0.25, -0.2) is 4.39 Å². The van der Waals surface area contributed by atoms with Crippen LogP contribution in [-0.2, 0) is 0 Å². The maximum absolute atomic E-state index is 14.3. The average molecular weight is 454 g/mol. The number of nitrogens with zero attached hydrogens (tertiary/aromatic N) is 3. The molecule has 3 aromatic rings. The molecular formula is C27H17ClFN3O. The number of anilines is 1. The summed E-state index contributed by atoms with van der Waals surface area (Å²) in [7, 11) is 0. The smallest absolute Gasteiger partial charge is 0.185 e. The molecule has 33 heavy (non-hydrogen) atoms. The summed E-state index contributed by atoms with van der Waals surface area (Å²) in [5.41, 5.74) is 0.769. The van der Waals surface area contributed by atoms with Gasteiger partial charge < -0.3 is 4.90 Å². The molecule has 0 aliphatic carbocycles. The van der Waals surface area contributed by atoms with Crippen molar-refractivity contribution in [3.05, 3.63) is 106 Å². The molecular weight excluding hydrogens is 437 g/mol. The van der Waals surface area contributed by atoms with E-state index in [0.29, 0.717) is 21.8 Å². The first-order valence-electron chi connectivity index (χ1n) is 10.4. The molecule has 0 bridgehead atoms. The van der Waals surface area contributed by atoms with Crippen LogP contribution in [0.4, 0.5) is 10.1 Å². The Labute approximate surface area is 195 Å². The van der Waals surface area contributed by atoms with Crippen molar-refractivity contribution in [1.82, 2.24) is 0 Å². The molecule has 5 rings (SSSR count). The fourth-order valence-electron chi connectivity index (χ4n) is 5.11. The van der Waals surface area contributed by atoms with Crippen LogP contribution < -0.4 is 4.90 Å². The molecule has 0 unspecified atom stereocenters. The minimum atomic E-state index is -1.61. The second-order valence-corrected chi connectivity index (χ2v) is 8.65. The Bertz CT molecular complexity index is 1360. The van der Waals surface area contributed by atoms with Crippen molar-refractivity contribution in [3.63, 3.8) is 0 Å². The van der Waals surface area contributed by atoms with Gasteiger partial charge in [0.1, 0.15) is 11.9 Å². The second-order valence-electron chi connectivity index (χ2n) is 8.21. The van der Waals surface area contributed by atoms with Crippen molar-refractivity contribution in [2.45, 2.75) is 18.0 Å². The van der Waals surface area contributed by atoms with Crippen LogP contribution in [-0.4, -0.2) is 17.9 Å². The average Bonchev–Trinajstić information content (AvgIpc) is 3.14. The van der Waals surface area contributed by atoms with Crippen molar-refractivity contribution in [2.75, 3.05) is 4.90 Å². The van der Waals surface area contributed by atoms with Gasteiger partial charge in [0.25, 0.3) is 0 Å². The highest BCUT2D eigenvalue weighted by atomic mass is 35.5. The molecule has 160 valence electrons. The number of rotatable bonds is 3. The lowest BCUT2D eigenvalue weighted by molar-refractivity contribution is 0.0951. The van der Waals surface area contributed by atoms with Gasteiger partial charge in [-0.15, -0.1) is 0 Å². The molecule has 0 spiro atoms. The maximum Gasteiger partial charge on any atom is 0.185 e. The molecule has 4 nitrogen and oxygen atoms in total. The van der Waals surface area contributed by atoms with Crippen molar-refractivity contribution >= 4 is 29.1 Å².